The number of nitrogens with zero attached hydrogens (tertiary/aromatic N) is 1. The van der Waals surface area contributed by atoms with Gasteiger partial charge in [0, 0.05) is 31.4 Å². The number of hydrogen-bond donors (Lipinski definition) is 2. The molecular formula is C10H17NO4. The lowest BCUT2D eigenvalue weighted by molar-refractivity contribution is -0.133. The van der Waals surface area contributed by atoms with Crippen LogP contribution in [-0.2, 0) is 9.59 Å². The van der Waals surface area contributed by atoms with Gasteiger partial charge in [0.15, 0.2) is 0 Å². The molecule has 0 saturated heterocycles. The van der Waals surface area contributed by atoms with Crippen LogP contribution >= 0.6 is 0 Å². The van der Waals surface area contributed by atoms with Gasteiger partial charge in [0.25, 0.3) is 0 Å². The molecule has 0 aliphatic carbocycles. The Kier molecular flexibility index (Phi) is 7.95. The van der Waals surface area contributed by atoms with Crippen molar-refractivity contribution in [2.75, 3.05) is 14.1 Å². The summed E-state index contributed by atoms with van der Waals surface area (Å²) in [5.74, 6) is -1.81. The van der Waals surface area contributed by atoms with Crippen LogP contribution in [-0.4, -0.2) is 41.1 Å². The van der Waals surface area contributed by atoms with Crippen molar-refractivity contribution in [3.8, 4) is 0 Å². The second kappa shape index (κ2) is 7.61. The Hall–Kier alpha value is -1.78. The molecule has 5 heteroatoms. The van der Waals surface area contributed by atoms with Crippen molar-refractivity contribution in [2.45, 2.75) is 13.8 Å². The van der Waals surface area contributed by atoms with Crippen molar-refractivity contribution in [1.29, 1.82) is 0 Å². The average molecular weight is 215 g/mol. The smallest absolute Gasteiger partial charge is 0.332 e. The zero-order valence-electron chi connectivity index (χ0n) is 9.44. The Morgan fingerprint density at radius 1 is 1.13 bits per heavy atom. The van der Waals surface area contributed by atoms with E-state index in [0.717, 1.165) is 0 Å². The van der Waals surface area contributed by atoms with Crippen LogP contribution in [0.15, 0.2) is 23.9 Å². The molecule has 0 radical (unpaired) electrons. The van der Waals surface area contributed by atoms with Crippen molar-refractivity contribution in [3.05, 3.63) is 23.9 Å². The predicted molar refractivity (Wildman–Crippen MR) is 57.5 cm³/mol. The maximum absolute atomic E-state index is 10.1. The molecule has 0 aromatic heterocycles. The van der Waals surface area contributed by atoms with Crippen LogP contribution in [0.25, 0.3) is 0 Å². The van der Waals surface area contributed by atoms with Crippen LogP contribution in [0.1, 0.15) is 13.8 Å². The Bertz CT molecular complexity index is 267. The molecule has 0 aliphatic rings. The minimum atomic E-state index is -0.935. The predicted octanol–water partition coefficient (Wildman–Crippen LogP) is 1.18. The van der Waals surface area contributed by atoms with E-state index in [1.807, 2.05) is 0 Å². The first-order chi connectivity index (χ1) is 6.68. The summed E-state index contributed by atoms with van der Waals surface area (Å²) in [5.41, 5.74) is 0.523. The molecule has 0 rings (SSSR count). The molecule has 0 unspecified atom stereocenters. The largest absolute Gasteiger partial charge is 0.478 e. The van der Waals surface area contributed by atoms with Crippen molar-refractivity contribution >= 4 is 11.9 Å². The van der Waals surface area contributed by atoms with Gasteiger partial charge in [0.2, 0.25) is 0 Å². The summed E-state index contributed by atoms with van der Waals surface area (Å²) < 4.78 is 0. The molecule has 0 aromatic rings. The van der Waals surface area contributed by atoms with Gasteiger partial charge in [-0.05, 0) is 13.8 Å². The number of aliphatic carboxylic acids is 2. The molecule has 5 nitrogen and oxygen atoms in total. The highest BCUT2D eigenvalue weighted by Crippen LogP contribution is 1.91. The minimum Gasteiger partial charge on any atom is -0.478 e. The van der Waals surface area contributed by atoms with E-state index in [4.69, 9.17) is 10.2 Å². The maximum atomic E-state index is 10.1. The average Bonchev–Trinajstić information content (AvgIpc) is 2.03. The van der Waals surface area contributed by atoms with Crippen LogP contribution < -0.4 is 0 Å². The monoisotopic (exact) mass is 215 g/mol. The second-order valence-corrected chi connectivity index (χ2v) is 3.17. The van der Waals surface area contributed by atoms with Gasteiger partial charge >= 0.3 is 11.9 Å². The minimum absolute atomic E-state index is 0.176. The summed E-state index contributed by atoms with van der Waals surface area (Å²) in [7, 11) is 3.57. The third-order valence-corrected chi connectivity index (χ3v) is 1.15. The van der Waals surface area contributed by atoms with E-state index in [1.165, 1.54) is 6.92 Å². The molecule has 2 N–H and O–H groups in total. The van der Waals surface area contributed by atoms with Gasteiger partial charge in [0.05, 0.1) is 0 Å². The van der Waals surface area contributed by atoms with Gasteiger partial charge in [-0.1, -0.05) is 6.58 Å². The lowest BCUT2D eigenvalue weighted by Gasteiger charge is -2.03. The van der Waals surface area contributed by atoms with Crippen LogP contribution in [0.2, 0.25) is 0 Å². The number of carbonyl (C=O) groups is 2. The molecule has 0 saturated carbocycles. The van der Waals surface area contributed by atoms with Gasteiger partial charge in [-0.2, -0.15) is 0 Å². The van der Waals surface area contributed by atoms with Gasteiger partial charge in [-0.3, -0.25) is 0 Å². The first-order valence-corrected chi connectivity index (χ1v) is 4.15. The molecular weight excluding hydrogens is 198 g/mol. The van der Waals surface area contributed by atoms with Gasteiger partial charge in [0.1, 0.15) is 0 Å². The molecule has 15 heavy (non-hydrogen) atoms. The van der Waals surface area contributed by atoms with Crippen LogP contribution in [0.4, 0.5) is 0 Å². The summed E-state index contributed by atoms with van der Waals surface area (Å²) in [6.45, 7) is 6.16. The number of hydrogen-bond acceptors (Lipinski definition) is 3. The zero-order chi connectivity index (χ0) is 12.6. The van der Waals surface area contributed by atoms with E-state index in [2.05, 4.69) is 6.58 Å². The molecule has 0 atom stereocenters. The highest BCUT2D eigenvalue weighted by molar-refractivity contribution is 5.85. The summed E-state index contributed by atoms with van der Waals surface area (Å²) >= 11 is 0. The van der Waals surface area contributed by atoms with E-state index in [-0.39, 0.29) is 5.57 Å². The summed E-state index contributed by atoms with van der Waals surface area (Å²) in [4.78, 5) is 21.4. The SMILES string of the molecule is C=C(C)C(=O)O.CC(=CN(C)C)C(=O)O. The third kappa shape index (κ3) is 12.2. The Balaban J connectivity index is 0. The fourth-order valence-corrected chi connectivity index (χ4v) is 0.443. The summed E-state index contributed by atoms with van der Waals surface area (Å²) in [6.07, 6.45) is 1.56. The standard InChI is InChI=1S/C6H11NO2.C4H6O2/c1-5(6(8)9)4-7(2)3;1-3(2)4(5)6/h4H,1-3H3,(H,8,9);1H2,2H3,(H,5,6). The first-order valence-electron chi connectivity index (χ1n) is 4.15. The molecule has 0 aliphatic heterocycles. The zero-order valence-corrected chi connectivity index (χ0v) is 9.44. The molecule has 86 valence electrons. The first kappa shape index (κ1) is 15.7. The number of rotatable bonds is 3. The molecule has 0 bridgehead atoms. The third-order valence-electron chi connectivity index (χ3n) is 1.15. The lowest BCUT2D eigenvalue weighted by Crippen LogP contribution is -2.06. The highest BCUT2D eigenvalue weighted by Gasteiger charge is 1.97. The summed E-state index contributed by atoms with van der Waals surface area (Å²) in [6, 6.07) is 0. The molecule has 0 amide bonds. The van der Waals surface area contributed by atoms with Crippen molar-refractivity contribution in [2.24, 2.45) is 0 Å². The summed E-state index contributed by atoms with van der Waals surface area (Å²) in [5, 5.41) is 16.2. The van der Waals surface area contributed by atoms with E-state index in [1.54, 1.807) is 32.1 Å². The Labute approximate surface area is 89.3 Å². The van der Waals surface area contributed by atoms with Crippen LogP contribution in [0, 0.1) is 0 Å². The topological polar surface area (TPSA) is 77.8 Å². The fourth-order valence-electron chi connectivity index (χ4n) is 0.443. The van der Waals surface area contributed by atoms with E-state index in [9.17, 15) is 9.59 Å². The fraction of sp³-hybridized carbons (Fsp3) is 0.400. The van der Waals surface area contributed by atoms with Crippen molar-refractivity contribution < 1.29 is 19.8 Å². The van der Waals surface area contributed by atoms with Gasteiger partial charge in [-0.25, -0.2) is 9.59 Å². The molecule has 0 fully saturated rings. The van der Waals surface area contributed by atoms with Crippen molar-refractivity contribution in [3.63, 3.8) is 0 Å². The van der Waals surface area contributed by atoms with Gasteiger partial charge in [-0.15, -0.1) is 0 Å². The van der Waals surface area contributed by atoms with Crippen molar-refractivity contribution in [1.82, 2.24) is 4.90 Å². The number of carboxylic acids is 2. The van der Waals surface area contributed by atoms with E-state index < -0.39 is 11.9 Å². The maximum Gasteiger partial charge on any atom is 0.332 e. The van der Waals surface area contributed by atoms with Crippen LogP contribution in [0.5, 0.6) is 0 Å². The second-order valence-electron chi connectivity index (χ2n) is 3.17. The van der Waals surface area contributed by atoms with Crippen LogP contribution in [0.3, 0.4) is 0 Å². The van der Waals surface area contributed by atoms with E-state index >= 15 is 0 Å². The quantitative estimate of drug-likeness (QED) is 0.691. The lowest BCUT2D eigenvalue weighted by atomic mass is 10.3. The Morgan fingerprint density at radius 2 is 1.47 bits per heavy atom. The number of carboxylic acid groups (broad SMARTS) is 2. The Morgan fingerprint density at radius 3 is 1.53 bits per heavy atom. The molecule has 0 aromatic carbocycles. The highest BCUT2D eigenvalue weighted by atomic mass is 16.4. The molecule has 0 spiro atoms. The van der Waals surface area contributed by atoms with Gasteiger partial charge < -0.3 is 15.1 Å². The van der Waals surface area contributed by atoms with E-state index in [0.29, 0.717) is 5.57 Å². The normalized spacial score (nSPS) is 9.73. The molecule has 0 heterocycles.